The number of rotatable bonds is 6. The van der Waals surface area contributed by atoms with Crippen LogP contribution >= 0.6 is 0 Å². The van der Waals surface area contributed by atoms with Crippen LogP contribution in [0.4, 0.5) is 5.88 Å². The third-order valence-electron chi connectivity index (χ3n) is 4.57. The number of carbonyl (C=O) groups excluding carboxylic acids is 1. The summed E-state index contributed by atoms with van der Waals surface area (Å²) in [6, 6.07) is 15.7. The summed E-state index contributed by atoms with van der Waals surface area (Å²) in [5.41, 5.74) is 4.94. The van der Waals surface area contributed by atoms with Crippen molar-refractivity contribution in [3.8, 4) is 17.0 Å². The minimum Gasteiger partial charge on any atom is -0.481 e. The van der Waals surface area contributed by atoms with Crippen molar-refractivity contribution in [2.24, 2.45) is 0 Å². The zero-order valence-corrected chi connectivity index (χ0v) is 16.9. The maximum Gasteiger partial charge on any atom is 0.267 e. The summed E-state index contributed by atoms with van der Waals surface area (Å²) in [5, 5.41) is 6.76. The van der Waals surface area contributed by atoms with Crippen LogP contribution in [0.5, 0.6) is 5.75 Å². The summed E-state index contributed by atoms with van der Waals surface area (Å²) in [5.74, 6) is 1.04. The van der Waals surface area contributed by atoms with E-state index in [-0.39, 0.29) is 5.91 Å². The Bertz CT molecular complexity index is 958. The van der Waals surface area contributed by atoms with Crippen molar-refractivity contribution in [2.75, 3.05) is 5.32 Å². The molecule has 0 aliphatic rings. The van der Waals surface area contributed by atoms with E-state index in [1.165, 1.54) is 5.56 Å². The van der Waals surface area contributed by atoms with E-state index in [1.807, 2.05) is 56.3 Å². The van der Waals surface area contributed by atoms with Crippen molar-refractivity contribution >= 4 is 11.8 Å². The van der Waals surface area contributed by atoms with Crippen molar-refractivity contribution in [1.29, 1.82) is 0 Å². The summed E-state index contributed by atoms with van der Waals surface area (Å²) >= 11 is 0. The van der Waals surface area contributed by atoms with Gasteiger partial charge in [-0.25, -0.2) is 0 Å². The number of aromatic nitrogens is 1. The number of ether oxygens (including phenoxy) is 1. The lowest BCUT2D eigenvalue weighted by molar-refractivity contribution is -0.122. The molecular formula is C23H26N2O3. The van der Waals surface area contributed by atoms with Gasteiger partial charge in [-0.2, -0.15) is 0 Å². The minimum absolute atomic E-state index is 0.289. The van der Waals surface area contributed by atoms with Crippen molar-refractivity contribution < 1.29 is 14.1 Å². The van der Waals surface area contributed by atoms with Gasteiger partial charge in [0.25, 0.3) is 5.91 Å². The van der Waals surface area contributed by atoms with Crippen LogP contribution in [-0.2, 0) is 4.79 Å². The Balaban J connectivity index is 1.68. The molecule has 5 nitrogen and oxygen atoms in total. The van der Waals surface area contributed by atoms with E-state index in [2.05, 4.69) is 24.3 Å². The fourth-order valence-electron chi connectivity index (χ4n) is 2.88. The monoisotopic (exact) mass is 378 g/mol. The van der Waals surface area contributed by atoms with Gasteiger partial charge in [0.2, 0.25) is 5.88 Å². The molecule has 146 valence electrons. The number of aryl methyl sites for hydroxylation is 2. The van der Waals surface area contributed by atoms with Gasteiger partial charge < -0.3 is 9.26 Å². The zero-order valence-electron chi connectivity index (χ0n) is 16.9. The van der Waals surface area contributed by atoms with Gasteiger partial charge in [0, 0.05) is 11.6 Å². The number of hydrogen-bond acceptors (Lipinski definition) is 4. The first-order chi connectivity index (χ1) is 13.3. The Morgan fingerprint density at radius 3 is 2.36 bits per heavy atom. The number of benzene rings is 2. The molecule has 1 atom stereocenters. The molecule has 0 spiro atoms. The van der Waals surface area contributed by atoms with Gasteiger partial charge in [0.15, 0.2) is 6.10 Å². The predicted octanol–water partition coefficient (Wildman–Crippen LogP) is 5.49. The molecule has 0 saturated carbocycles. The van der Waals surface area contributed by atoms with Crippen molar-refractivity contribution in [2.45, 2.75) is 46.6 Å². The molecule has 0 radical (unpaired) electrons. The largest absolute Gasteiger partial charge is 0.481 e. The third-order valence-corrected chi connectivity index (χ3v) is 4.57. The normalized spacial score (nSPS) is 12.1. The van der Waals surface area contributed by atoms with Crippen molar-refractivity contribution in [3.63, 3.8) is 0 Å². The molecule has 1 amide bonds. The second-order valence-electron chi connectivity index (χ2n) is 7.39. The summed E-state index contributed by atoms with van der Waals surface area (Å²) in [7, 11) is 0. The summed E-state index contributed by atoms with van der Waals surface area (Å²) in [6.07, 6.45) is -0.674. The Morgan fingerprint density at radius 2 is 1.68 bits per heavy atom. The highest BCUT2D eigenvalue weighted by Crippen LogP contribution is 2.28. The summed E-state index contributed by atoms with van der Waals surface area (Å²) in [6.45, 7) is 9.95. The molecule has 3 aromatic rings. The first kappa shape index (κ1) is 19.7. The molecule has 1 N–H and O–H groups in total. The molecule has 0 fully saturated rings. The molecule has 3 rings (SSSR count). The topological polar surface area (TPSA) is 64.4 Å². The zero-order chi connectivity index (χ0) is 20.3. The SMILES string of the molecule is Cc1ccc(-c2cc(NC(=O)[C@H](C)Oc3cc(C)ccc3C(C)C)on2)cc1. The summed E-state index contributed by atoms with van der Waals surface area (Å²) < 4.78 is 11.2. The lowest BCUT2D eigenvalue weighted by atomic mass is 10.0. The van der Waals surface area contributed by atoms with Crippen LogP contribution in [-0.4, -0.2) is 17.2 Å². The van der Waals surface area contributed by atoms with Gasteiger partial charge in [-0.05, 0) is 43.9 Å². The van der Waals surface area contributed by atoms with Crippen molar-refractivity contribution in [1.82, 2.24) is 5.16 Å². The maximum atomic E-state index is 12.5. The van der Waals surface area contributed by atoms with Crippen LogP contribution in [0.25, 0.3) is 11.3 Å². The van der Waals surface area contributed by atoms with E-state index in [0.29, 0.717) is 17.5 Å². The number of nitrogens with zero attached hydrogens (tertiary/aromatic N) is 1. The summed E-state index contributed by atoms with van der Waals surface area (Å²) in [4.78, 5) is 12.5. The Morgan fingerprint density at radius 1 is 1.00 bits per heavy atom. The van der Waals surface area contributed by atoms with E-state index in [0.717, 1.165) is 22.4 Å². The number of carbonyl (C=O) groups is 1. The smallest absolute Gasteiger partial charge is 0.267 e. The molecule has 0 bridgehead atoms. The van der Waals surface area contributed by atoms with Crippen LogP contribution < -0.4 is 10.1 Å². The molecule has 1 heterocycles. The van der Waals surface area contributed by atoms with Crippen LogP contribution in [0.3, 0.4) is 0 Å². The second-order valence-corrected chi connectivity index (χ2v) is 7.39. The molecule has 2 aromatic carbocycles. The standard InChI is InChI=1S/C23H26N2O3/c1-14(2)19-11-8-16(4)12-21(19)27-17(5)23(26)24-22-13-20(25-28-22)18-9-6-15(3)7-10-18/h6-14,17H,1-5H3,(H,24,26)/t17-/m0/s1. The molecule has 0 aliphatic heterocycles. The first-order valence-electron chi connectivity index (χ1n) is 9.45. The highest BCUT2D eigenvalue weighted by atomic mass is 16.5. The highest BCUT2D eigenvalue weighted by Gasteiger charge is 2.19. The highest BCUT2D eigenvalue weighted by molar-refractivity contribution is 5.93. The van der Waals surface area contributed by atoms with E-state index in [4.69, 9.17) is 9.26 Å². The van der Waals surface area contributed by atoms with Crippen LogP contribution in [0, 0.1) is 13.8 Å². The van der Waals surface area contributed by atoms with Crippen LogP contribution in [0.15, 0.2) is 53.1 Å². The molecular weight excluding hydrogens is 352 g/mol. The minimum atomic E-state index is -0.674. The molecule has 0 unspecified atom stereocenters. The van der Waals surface area contributed by atoms with Gasteiger partial charge in [-0.1, -0.05) is 61.0 Å². The van der Waals surface area contributed by atoms with Gasteiger partial charge in [-0.15, -0.1) is 0 Å². The second kappa shape index (κ2) is 8.30. The van der Waals surface area contributed by atoms with Crippen LogP contribution in [0.1, 0.15) is 43.4 Å². The first-order valence-corrected chi connectivity index (χ1v) is 9.45. The average Bonchev–Trinajstić information content (AvgIpc) is 3.10. The quantitative estimate of drug-likeness (QED) is 0.616. The number of anilines is 1. The Labute approximate surface area is 165 Å². The lowest BCUT2D eigenvalue weighted by Gasteiger charge is -2.18. The van der Waals surface area contributed by atoms with E-state index < -0.39 is 6.10 Å². The Kier molecular flexibility index (Phi) is 5.83. The third kappa shape index (κ3) is 4.60. The van der Waals surface area contributed by atoms with Gasteiger partial charge in [0.05, 0.1) is 0 Å². The molecule has 1 aromatic heterocycles. The fourth-order valence-corrected chi connectivity index (χ4v) is 2.88. The Hall–Kier alpha value is -3.08. The van der Waals surface area contributed by atoms with E-state index in [1.54, 1.807) is 13.0 Å². The van der Waals surface area contributed by atoms with Gasteiger partial charge in [0.1, 0.15) is 11.4 Å². The number of nitrogens with one attached hydrogen (secondary N) is 1. The molecule has 0 saturated heterocycles. The fraction of sp³-hybridized carbons (Fsp3) is 0.304. The van der Waals surface area contributed by atoms with Gasteiger partial charge >= 0.3 is 0 Å². The lowest BCUT2D eigenvalue weighted by Crippen LogP contribution is -2.30. The van der Waals surface area contributed by atoms with Crippen molar-refractivity contribution in [3.05, 3.63) is 65.2 Å². The molecule has 5 heteroatoms. The molecule has 28 heavy (non-hydrogen) atoms. The van der Waals surface area contributed by atoms with E-state index >= 15 is 0 Å². The molecule has 0 aliphatic carbocycles. The maximum absolute atomic E-state index is 12.5. The van der Waals surface area contributed by atoms with Gasteiger partial charge in [-0.3, -0.25) is 10.1 Å². The van der Waals surface area contributed by atoms with E-state index in [9.17, 15) is 4.79 Å². The predicted molar refractivity (Wildman–Crippen MR) is 111 cm³/mol. The average molecular weight is 378 g/mol. The number of amides is 1. The number of hydrogen-bond donors (Lipinski definition) is 1. The van der Waals surface area contributed by atoms with Crippen LogP contribution in [0.2, 0.25) is 0 Å².